The van der Waals surface area contributed by atoms with E-state index >= 15 is 0 Å². The van der Waals surface area contributed by atoms with Gasteiger partial charge >= 0.3 is 0 Å². The normalized spacial score (nSPS) is 18.0. The molecule has 1 rings (SSSR count). The molecule has 2 N–H and O–H groups in total. The van der Waals surface area contributed by atoms with Gasteiger partial charge in [-0.2, -0.15) is 0 Å². The minimum Gasteiger partial charge on any atom is -0.357 e. The van der Waals surface area contributed by atoms with Crippen molar-refractivity contribution < 1.29 is 8.42 Å². The lowest BCUT2D eigenvalue weighted by molar-refractivity contribution is 0.164. The number of sulfonamides is 1. The van der Waals surface area contributed by atoms with Gasteiger partial charge in [0.15, 0.2) is 5.96 Å². The van der Waals surface area contributed by atoms with Gasteiger partial charge in [0.1, 0.15) is 0 Å². The molecule has 8 heteroatoms. The lowest BCUT2D eigenvalue weighted by atomic mass is 10.2. The average molecular weight is 334 g/mol. The van der Waals surface area contributed by atoms with Crippen LogP contribution in [0.5, 0.6) is 0 Å². The number of aliphatic imine (C=N–C) groups is 1. The van der Waals surface area contributed by atoms with Crippen LogP contribution >= 0.6 is 0 Å². The van der Waals surface area contributed by atoms with Crippen molar-refractivity contribution in [2.75, 3.05) is 58.6 Å². The molecule has 22 heavy (non-hydrogen) atoms. The molecule has 0 aromatic carbocycles. The molecule has 7 nitrogen and oxygen atoms in total. The molecule has 1 fully saturated rings. The van der Waals surface area contributed by atoms with Gasteiger partial charge in [-0.1, -0.05) is 13.8 Å². The fraction of sp³-hybridized carbons (Fsp3) is 0.929. The van der Waals surface area contributed by atoms with E-state index in [2.05, 4.69) is 38.7 Å². The van der Waals surface area contributed by atoms with Crippen LogP contribution in [0.2, 0.25) is 0 Å². The minimum absolute atomic E-state index is 0.334. The minimum atomic E-state index is -3.14. The van der Waals surface area contributed by atoms with Gasteiger partial charge in [-0.3, -0.25) is 9.89 Å². The highest BCUT2D eigenvalue weighted by Crippen LogP contribution is 2.05. The zero-order valence-corrected chi connectivity index (χ0v) is 15.1. The first-order chi connectivity index (χ1) is 10.3. The highest BCUT2D eigenvalue weighted by Gasteiger charge is 2.19. The van der Waals surface area contributed by atoms with Gasteiger partial charge in [-0.05, 0) is 12.8 Å². The number of hydrogen-bond donors (Lipinski definition) is 2. The molecule has 0 atom stereocenters. The summed E-state index contributed by atoms with van der Waals surface area (Å²) in [5.41, 5.74) is 0. The van der Waals surface area contributed by atoms with Gasteiger partial charge in [0.2, 0.25) is 10.0 Å². The van der Waals surface area contributed by atoms with Crippen molar-refractivity contribution in [1.82, 2.24) is 19.8 Å². The maximum absolute atomic E-state index is 11.0. The Kier molecular flexibility index (Phi) is 8.13. The Morgan fingerprint density at radius 1 is 1.23 bits per heavy atom. The summed E-state index contributed by atoms with van der Waals surface area (Å²) >= 11 is 0. The van der Waals surface area contributed by atoms with Crippen molar-refractivity contribution in [1.29, 1.82) is 0 Å². The van der Waals surface area contributed by atoms with Gasteiger partial charge < -0.3 is 10.2 Å². The third kappa shape index (κ3) is 7.95. The van der Waals surface area contributed by atoms with Crippen LogP contribution in [0.3, 0.4) is 0 Å². The molecule has 0 saturated carbocycles. The summed E-state index contributed by atoms with van der Waals surface area (Å²) in [6, 6.07) is 0. The summed E-state index contributed by atoms with van der Waals surface area (Å²) in [6.45, 7) is 13.3. The van der Waals surface area contributed by atoms with Crippen LogP contribution in [0, 0.1) is 5.92 Å². The fourth-order valence-corrected chi connectivity index (χ4v) is 2.94. The van der Waals surface area contributed by atoms with Crippen molar-refractivity contribution in [2.24, 2.45) is 10.9 Å². The first-order valence-corrected chi connectivity index (χ1v) is 9.91. The van der Waals surface area contributed by atoms with Crippen molar-refractivity contribution >= 4 is 16.0 Å². The molecule has 0 aromatic rings. The maximum atomic E-state index is 11.0. The molecule has 0 amide bonds. The van der Waals surface area contributed by atoms with E-state index < -0.39 is 10.0 Å². The Morgan fingerprint density at radius 2 is 1.86 bits per heavy atom. The summed E-state index contributed by atoms with van der Waals surface area (Å²) in [5, 5.41) is 3.29. The Hall–Kier alpha value is -0.860. The monoisotopic (exact) mass is 333 g/mol. The van der Waals surface area contributed by atoms with E-state index in [1.54, 1.807) is 0 Å². The highest BCUT2D eigenvalue weighted by atomic mass is 32.2. The second-order valence-corrected chi connectivity index (χ2v) is 7.92. The van der Waals surface area contributed by atoms with Gasteiger partial charge in [-0.15, -0.1) is 0 Å². The molecule has 0 spiro atoms. The van der Waals surface area contributed by atoms with Crippen LogP contribution in [0.25, 0.3) is 0 Å². The third-order valence-corrected chi connectivity index (χ3v) is 4.10. The summed E-state index contributed by atoms with van der Waals surface area (Å²) in [6.07, 6.45) is 1.16. The second kappa shape index (κ2) is 9.32. The van der Waals surface area contributed by atoms with Crippen molar-refractivity contribution in [2.45, 2.75) is 20.8 Å². The van der Waals surface area contributed by atoms with Crippen LogP contribution in [0.1, 0.15) is 20.8 Å². The number of nitrogens with one attached hydrogen (secondary N) is 2. The van der Waals surface area contributed by atoms with E-state index in [4.69, 9.17) is 0 Å². The van der Waals surface area contributed by atoms with Gasteiger partial charge in [0.25, 0.3) is 0 Å². The summed E-state index contributed by atoms with van der Waals surface area (Å²) < 4.78 is 24.5. The van der Waals surface area contributed by atoms with Crippen LogP contribution in [0.4, 0.5) is 0 Å². The molecule has 1 heterocycles. The fourth-order valence-electron chi connectivity index (χ4n) is 2.48. The first kappa shape index (κ1) is 19.2. The Labute approximate surface area is 135 Å². The summed E-state index contributed by atoms with van der Waals surface area (Å²) in [4.78, 5) is 9.25. The number of nitrogens with zero attached hydrogens (tertiary/aromatic N) is 3. The molecule has 130 valence electrons. The van der Waals surface area contributed by atoms with E-state index in [9.17, 15) is 8.42 Å². The molecule has 0 aliphatic carbocycles. The second-order valence-electron chi connectivity index (χ2n) is 6.08. The molecular formula is C14H31N5O2S. The van der Waals surface area contributed by atoms with Gasteiger partial charge in [0.05, 0.1) is 12.8 Å². The molecule has 0 bridgehead atoms. The number of guanidine groups is 1. The highest BCUT2D eigenvalue weighted by molar-refractivity contribution is 7.88. The lowest BCUT2D eigenvalue weighted by Crippen LogP contribution is -2.53. The molecule has 1 saturated heterocycles. The van der Waals surface area contributed by atoms with E-state index in [-0.39, 0.29) is 0 Å². The molecule has 1 aliphatic rings. The van der Waals surface area contributed by atoms with Crippen LogP contribution in [-0.2, 0) is 10.0 Å². The van der Waals surface area contributed by atoms with Crippen LogP contribution in [0.15, 0.2) is 4.99 Å². The quantitative estimate of drug-likeness (QED) is 0.382. The van der Waals surface area contributed by atoms with E-state index in [1.165, 1.54) is 0 Å². The Bertz CT molecular complexity index is 442. The SMILES string of the molecule is CCNC(=NCCNS(C)(=O)=O)N1CCN(CC(C)C)CC1. The van der Waals surface area contributed by atoms with Gasteiger partial charge in [0, 0.05) is 45.8 Å². The van der Waals surface area contributed by atoms with Crippen molar-refractivity contribution in [3.8, 4) is 0 Å². The molecule has 0 radical (unpaired) electrons. The number of hydrogen-bond acceptors (Lipinski definition) is 4. The van der Waals surface area contributed by atoms with Crippen molar-refractivity contribution in [3.05, 3.63) is 0 Å². The zero-order chi connectivity index (χ0) is 16.6. The van der Waals surface area contributed by atoms with E-state index in [0.717, 1.165) is 51.5 Å². The summed E-state index contributed by atoms with van der Waals surface area (Å²) in [7, 11) is -3.14. The predicted molar refractivity (Wildman–Crippen MR) is 91.7 cm³/mol. The predicted octanol–water partition coefficient (Wildman–Crippen LogP) is -0.225. The largest absolute Gasteiger partial charge is 0.357 e. The van der Waals surface area contributed by atoms with Crippen LogP contribution < -0.4 is 10.0 Å². The third-order valence-electron chi connectivity index (χ3n) is 3.37. The van der Waals surface area contributed by atoms with E-state index in [1.807, 2.05) is 6.92 Å². The average Bonchev–Trinajstić information content (AvgIpc) is 2.41. The first-order valence-electron chi connectivity index (χ1n) is 8.02. The molecule has 1 aliphatic heterocycles. The number of piperazine rings is 1. The topological polar surface area (TPSA) is 77.0 Å². The molecule has 0 aromatic heterocycles. The Balaban J connectivity index is 2.46. The van der Waals surface area contributed by atoms with Crippen molar-refractivity contribution in [3.63, 3.8) is 0 Å². The smallest absolute Gasteiger partial charge is 0.208 e. The van der Waals surface area contributed by atoms with Gasteiger partial charge in [-0.25, -0.2) is 13.1 Å². The van der Waals surface area contributed by atoms with Crippen LogP contribution in [-0.4, -0.2) is 82.8 Å². The lowest BCUT2D eigenvalue weighted by Gasteiger charge is -2.37. The summed E-state index contributed by atoms with van der Waals surface area (Å²) in [5.74, 6) is 1.57. The van der Waals surface area contributed by atoms with E-state index in [0.29, 0.717) is 19.0 Å². The maximum Gasteiger partial charge on any atom is 0.208 e. The molecular weight excluding hydrogens is 302 g/mol. The molecule has 0 unspecified atom stereocenters. The standard InChI is InChI=1S/C14H31N5O2S/c1-5-15-14(16-6-7-17-22(4,20)21)19-10-8-18(9-11-19)12-13(2)3/h13,17H,5-12H2,1-4H3,(H,15,16). The number of rotatable bonds is 7. The zero-order valence-electron chi connectivity index (χ0n) is 14.3. The Morgan fingerprint density at radius 3 is 2.36 bits per heavy atom.